The maximum Gasteiger partial charge on any atom is 0.287 e. The number of halogens is 1. The third-order valence-electron chi connectivity index (χ3n) is 4.38. The number of carbonyl (C=O) groups excluding carboxylic acids is 1. The predicted octanol–water partition coefficient (Wildman–Crippen LogP) is 4.16. The van der Waals surface area contributed by atoms with Crippen LogP contribution in [0.5, 0.6) is 0 Å². The van der Waals surface area contributed by atoms with E-state index in [2.05, 4.69) is 15.4 Å². The number of rotatable bonds is 5. The van der Waals surface area contributed by atoms with Gasteiger partial charge in [-0.05, 0) is 61.0 Å². The molecule has 2 heterocycles. The number of nitrogens with zero attached hydrogens (tertiary/aromatic N) is 3. The zero-order valence-corrected chi connectivity index (χ0v) is 15.0. The molecule has 2 aromatic heterocycles. The molecule has 1 N–H and O–H groups in total. The summed E-state index contributed by atoms with van der Waals surface area (Å²) in [6, 6.07) is 16.7. The lowest BCUT2D eigenvalue weighted by Crippen LogP contribution is -2.26. The first-order valence-corrected chi connectivity index (χ1v) is 8.72. The molecule has 0 aliphatic heterocycles. The van der Waals surface area contributed by atoms with Gasteiger partial charge >= 0.3 is 0 Å². The number of carbonyl (C=O) groups is 1. The molecule has 4 aromatic rings. The summed E-state index contributed by atoms with van der Waals surface area (Å²) in [5.74, 6) is 0.0681. The van der Waals surface area contributed by atoms with Crippen molar-refractivity contribution in [2.45, 2.75) is 13.0 Å². The van der Waals surface area contributed by atoms with Crippen LogP contribution in [0.15, 0.2) is 77.7 Å². The molecule has 0 saturated heterocycles. The molecule has 0 bridgehead atoms. The molecule has 7 heteroatoms. The van der Waals surface area contributed by atoms with E-state index in [1.165, 1.54) is 18.5 Å². The van der Waals surface area contributed by atoms with Crippen LogP contribution in [0.1, 0.15) is 29.1 Å². The van der Waals surface area contributed by atoms with Crippen LogP contribution in [0.3, 0.4) is 0 Å². The number of nitrogens with one attached hydrogen (secondary N) is 1. The van der Waals surface area contributed by atoms with Crippen molar-refractivity contribution in [3.63, 3.8) is 0 Å². The smallest absolute Gasteiger partial charge is 0.287 e. The zero-order valence-electron chi connectivity index (χ0n) is 15.0. The van der Waals surface area contributed by atoms with Crippen molar-refractivity contribution in [1.29, 1.82) is 0 Å². The molecule has 1 amide bonds. The third-order valence-corrected chi connectivity index (χ3v) is 4.38. The van der Waals surface area contributed by atoms with E-state index in [1.807, 2.05) is 31.2 Å². The van der Waals surface area contributed by atoms with Gasteiger partial charge in [0.1, 0.15) is 24.2 Å². The summed E-state index contributed by atoms with van der Waals surface area (Å²) in [5.41, 5.74) is 2.54. The van der Waals surface area contributed by atoms with E-state index in [-0.39, 0.29) is 23.5 Å². The van der Waals surface area contributed by atoms with E-state index in [4.69, 9.17) is 4.42 Å². The lowest BCUT2D eigenvalue weighted by molar-refractivity contribution is 0.0912. The van der Waals surface area contributed by atoms with Crippen molar-refractivity contribution in [3.8, 4) is 17.0 Å². The minimum atomic E-state index is -0.322. The molecule has 28 heavy (non-hydrogen) atoms. The van der Waals surface area contributed by atoms with Crippen LogP contribution in [0.4, 0.5) is 4.39 Å². The van der Waals surface area contributed by atoms with Crippen molar-refractivity contribution in [3.05, 3.63) is 90.5 Å². The Hall–Kier alpha value is -3.74. The van der Waals surface area contributed by atoms with Gasteiger partial charge in [-0.25, -0.2) is 14.1 Å². The quantitative estimate of drug-likeness (QED) is 0.568. The maximum atomic E-state index is 13.0. The molecule has 1 atom stereocenters. The molecule has 0 spiro atoms. The van der Waals surface area contributed by atoms with Gasteiger partial charge < -0.3 is 9.73 Å². The monoisotopic (exact) mass is 376 g/mol. The van der Waals surface area contributed by atoms with Gasteiger partial charge in [0, 0.05) is 5.56 Å². The van der Waals surface area contributed by atoms with Crippen molar-refractivity contribution in [2.24, 2.45) is 0 Å². The molecule has 0 saturated carbocycles. The lowest BCUT2D eigenvalue weighted by atomic mass is 10.1. The molecule has 0 radical (unpaired) electrons. The number of benzene rings is 2. The Morgan fingerprint density at radius 2 is 1.82 bits per heavy atom. The summed E-state index contributed by atoms with van der Waals surface area (Å²) in [7, 11) is 0. The van der Waals surface area contributed by atoms with Crippen molar-refractivity contribution < 1.29 is 13.6 Å². The van der Waals surface area contributed by atoms with E-state index < -0.39 is 0 Å². The van der Waals surface area contributed by atoms with Gasteiger partial charge in [-0.2, -0.15) is 5.10 Å². The molecule has 6 nitrogen and oxygen atoms in total. The summed E-state index contributed by atoms with van der Waals surface area (Å²) >= 11 is 0. The number of furan rings is 1. The molecule has 140 valence electrons. The Bertz CT molecular complexity index is 1070. The number of aromatic nitrogens is 3. The van der Waals surface area contributed by atoms with Gasteiger partial charge in [0.2, 0.25) is 0 Å². The minimum Gasteiger partial charge on any atom is -0.451 e. The van der Waals surface area contributed by atoms with E-state index in [0.29, 0.717) is 11.3 Å². The van der Waals surface area contributed by atoms with Gasteiger partial charge in [-0.15, -0.1) is 0 Å². The molecular weight excluding hydrogens is 359 g/mol. The fraction of sp³-hybridized carbons (Fsp3) is 0.0952. The highest BCUT2D eigenvalue weighted by molar-refractivity contribution is 5.92. The SMILES string of the molecule is CC(NC(=O)c1ccc(-c2ccc(F)cc2)o1)c1ccc(-n2cncn2)cc1. The zero-order chi connectivity index (χ0) is 19.5. The standard InChI is InChI=1S/C21H17FN4O2/c1-14(15-4-8-18(9-5-15)26-13-23-12-24-26)25-21(27)20-11-10-19(28-20)16-2-6-17(22)7-3-16/h2-14H,1H3,(H,25,27). The summed E-state index contributed by atoms with van der Waals surface area (Å²) in [6.07, 6.45) is 3.09. The van der Waals surface area contributed by atoms with Crippen LogP contribution < -0.4 is 5.32 Å². The average Bonchev–Trinajstić information content (AvgIpc) is 3.41. The third kappa shape index (κ3) is 3.68. The van der Waals surface area contributed by atoms with Crippen LogP contribution >= 0.6 is 0 Å². The van der Waals surface area contributed by atoms with Gasteiger partial charge in [0.15, 0.2) is 5.76 Å². The molecule has 1 unspecified atom stereocenters. The molecule has 4 rings (SSSR count). The summed E-state index contributed by atoms with van der Waals surface area (Å²) in [4.78, 5) is 16.4. The topological polar surface area (TPSA) is 73.0 Å². The second-order valence-corrected chi connectivity index (χ2v) is 6.30. The van der Waals surface area contributed by atoms with E-state index in [9.17, 15) is 9.18 Å². The van der Waals surface area contributed by atoms with Gasteiger partial charge in [0.25, 0.3) is 5.91 Å². The maximum absolute atomic E-state index is 13.0. The van der Waals surface area contributed by atoms with Crippen LogP contribution in [0.25, 0.3) is 17.0 Å². The summed E-state index contributed by atoms with van der Waals surface area (Å²) < 4.78 is 20.3. The summed E-state index contributed by atoms with van der Waals surface area (Å²) in [5, 5.41) is 7.00. The Balaban J connectivity index is 1.44. The Morgan fingerprint density at radius 3 is 2.50 bits per heavy atom. The van der Waals surface area contributed by atoms with Crippen molar-refractivity contribution in [2.75, 3.05) is 0 Å². The molecule has 0 aliphatic rings. The second-order valence-electron chi connectivity index (χ2n) is 6.30. The van der Waals surface area contributed by atoms with Crippen molar-refractivity contribution in [1.82, 2.24) is 20.1 Å². The number of amides is 1. The molecule has 0 aliphatic carbocycles. The molecule has 0 fully saturated rings. The highest BCUT2D eigenvalue weighted by Gasteiger charge is 2.16. The predicted molar refractivity (Wildman–Crippen MR) is 101 cm³/mol. The Morgan fingerprint density at radius 1 is 1.07 bits per heavy atom. The van der Waals surface area contributed by atoms with Crippen LogP contribution in [0.2, 0.25) is 0 Å². The summed E-state index contributed by atoms with van der Waals surface area (Å²) in [6.45, 7) is 1.90. The van der Waals surface area contributed by atoms with E-state index in [0.717, 1.165) is 11.3 Å². The Kier molecular flexibility index (Phi) is 4.72. The van der Waals surface area contributed by atoms with E-state index >= 15 is 0 Å². The minimum absolute atomic E-state index is 0.199. The normalized spacial score (nSPS) is 11.9. The number of hydrogen-bond acceptors (Lipinski definition) is 4. The van der Waals surface area contributed by atoms with Gasteiger partial charge in [-0.1, -0.05) is 12.1 Å². The lowest BCUT2D eigenvalue weighted by Gasteiger charge is -2.14. The van der Waals surface area contributed by atoms with Crippen LogP contribution in [-0.2, 0) is 0 Å². The highest BCUT2D eigenvalue weighted by atomic mass is 19.1. The van der Waals surface area contributed by atoms with Gasteiger partial charge in [-0.3, -0.25) is 4.79 Å². The second kappa shape index (κ2) is 7.48. The first-order chi connectivity index (χ1) is 13.6. The van der Waals surface area contributed by atoms with E-state index in [1.54, 1.807) is 35.3 Å². The Labute approximate surface area is 160 Å². The first kappa shape index (κ1) is 17.7. The van der Waals surface area contributed by atoms with Crippen LogP contribution in [-0.4, -0.2) is 20.7 Å². The van der Waals surface area contributed by atoms with Crippen molar-refractivity contribution >= 4 is 5.91 Å². The van der Waals surface area contributed by atoms with Crippen LogP contribution in [0, 0.1) is 5.82 Å². The fourth-order valence-corrected chi connectivity index (χ4v) is 2.84. The molecule has 2 aromatic carbocycles. The fourth-order valence-electron chi connectivity index (χ4n) is 2.84. The number of hydrogen-bond donors (Lipinski definition) is 1. The van der Waals surface area contributed by atoms with Gasteiger partial charge in [0.05, 0.1) is 11.7 Å². The highest BCUT2D eigenvalue weighted by Crippen LogP contribution is 2.23. The first-order valence-electron chi connectivity index (χ1n) is 8.72. The molecular formula is C21H17FN4O2. The largest absolute Gasteiger partial charge is 0.451 e. The average molecular weight is 376 g/mol.